The standard InChI is InChI=1S/C16H31N3O2/c1-16(2,21)14-18-10-12-19(13-11-18)15(20)6-9-17-7-4-3-5-8-17/h21H,3-14H2,1-2H3. The minimum atomic E-state index is -0.652. The SMILES string of the molecule is CC(C)(O)CN1CCN(C(=O)CCN2CCCCC2)CC1. The monoisotopic (exact) mass is 297 g/mol. The molecule has 0 atom stereocenters. The number of likely N-dealkylation sites (tertiary alicyclic amines) is 1. The molecule has 2 aliphatic rings. The summed E-state index contributed by atoms with van der Waals surface area (Å²) in [5.74, 6) is 0.295. The van der Waals surface area contributed by atoms with Crippen molar-refractivity contribution in [1.82, 2.24) is 14.7 Å². The summed E-state index contributed by atoms with van der Waals surface area (Å²) in [6.07, 6.45) is 4.56. The predicted molar refractivity (Wildman–Crippen MR) is 84.2 cm³/mol. The van der Waals surface area contributed by atoms with Gasteiger partial charge in [0.05, 0.1) is 5.60 Å². The Bertz CT molecular complexity index is 327. The Morgan fingerprint density at radius 1 is 0.952 bits per heavy atom. The number of rotatable bonds is 5. The number of amides is 1. The molecule has 1 N–H and O–H groups in total. The van der Waals surface area contributed by atoms with Crippen molar-refractivity contribution in [1.29, 1.82) is 0 Å². The number of aliphatic hydroxyl groups is 1. The maximum Gasteiger partial charge on any atom is 0.223 e. The second-order valence-corrected chi connectivity index (χ2v) is 7.12. The van der Waals surface area contributed by atoms with Crippen LogP contribution in [0.15, 0.2) is 0 Å². The van der Waals surface area contributed by atoms with E-state index in [-0.39, 0.29) is 0 Å². The molecule has 2 aliphatic heterocycles. The Morgan fingerprint density at radius 2 is 1.57 bits per heavy atom. The third kappa shape index (κ3) is 5.93. The number of carbonyl (C=O) groups is 1. The van der Waals surface area contributed by atoms with Gasteiger partial charge in [-0.2, -0.15) is 0 Å². The molecule has 5 nitrogen and oxygen atoms in total. The fraction of sp³-hybridized carbons (Fsp3) is 0.938. The molecule has 5 heteroatoms. The second-order valence-electron chi connectivity index (χ2n) is 7.12. The fourth-order valence-corrected chi connectivity index (χ4v) is 3.30. The lowest BCUT2D eigenvalue weighted by Gasteiger charge is -2.37. The molecule has 0 aromatic carbocycles. The molecule has 2 heterocycles. The van der Waals surface area contributed by atoms with Gasteiger partial charge in [0.1, 0.15) is 0 Å². The summed E-state index contributed by atoms with van der Waals surface area (Å²) in [5, 5.41) is 9.85. The van der Waals surface area contributed by atoms with E-state index < -0.39 is 5.60 Å². The van der Waals surface area contributed by atoms with Crippen LogP contribution in [0.5, 0.6) is 0 Å². The average Bonchev–Trinajstić information content (AvgIpc) is 2.45. The van der Waals surface area contributed by atoms with Crippen molar-refractivity contribution in [2.45, 2.75) is 45.1 Å². The van der Waals surface area contributed by atoms with Gasteiger partial charge in [0.15, 0.2) is 0 Å². The normalized spacial score (nSPS) is 22.5. The predicted octanol–water partition coefficient (Wildman–Crippen LogP) is 0.778. The summed E-state index contributed by atoms with van der Waals surface area (Å²) in [6.45, 7) is 10.9. The Labute approximate surface area is 128 Å². The van der Waals surface area contributed by atoms with Gasteiger partial charge in [0.25, 0.3) is 0 Å². The third-order valence-electron chi connectivity index (χ3n) is 4.43. The van der Waals surface area contributed by atoms with Gasteiger partial charge in [-0.1, -0.05) is 6.42 Å². The van der Waals surface area contributed by atoms with Gasteiger partial charge in [0, 0.05) is 45.7 Å². The number of nitrogens with zero attached hydrogens (tertiary/aromatic N) is 3. The van der Waals surface area contributed by atoms with Crippen molar-refractivity contribution < 1.29 is 9.90 Å². The van der Waals surface area contributed by atoms with E-state index in [1.807, 2.05) is 18.7 Å². The summed E-state index contributed by atoms with van der Waals surface area (Å²) in [7, 11) is 0. The van der Waals surface area contributed by atoms with Crippen LogP contribution in [0.3, 0.4) is 0 Å². The number of hydrogen-bond acceptors (Lipinski definition) is 4. The quantitative estimate of drug-likeness (QED) is 0.814. The Morgan fingerprint density at radius 3 is 2.14 bits per heavy atom. The molecule has 0 aromatic rings. The number of β-amino-alcohol motifs (C(OH)–C–C–N with tert-alkyl or cyclic N) is 1. The molecule has 0 spiro atoms. The summed E-state index contributed by atoms with van der Waals surface area (Å²) >= 11 is 0. The van der Waals surface area contributed by atoms with Crippen molar-refractivity contribution in [3.63, 3.8) is 0 Å². The molecule has 0 aliphatic carbocycles. The summed E-state index contributed by atoms with van der Waals surface area (Å²) in [4.78, 5) is 18.9. The topological polar surface area (TPSA) is 47.0 Å². The molecule has 2 rings (SSSR count). The first-order chi connectivity index (χ1) is 9.94. The van der Waals surface area contributed by atoms with Crippen LogP contribution in [-0.4, -0.2) is 83.7 Å². The Hall–Kier alpha value is -0.650. The highest BCUT2D eigenvalue weighted by Gasteiger charge is 2.25. The van der Waals surface area contributed by atoms with Crippen LogP contribution in [0.1, 0.15) is 39.5 Å². The molecule has 2 fully saturated rings. The summed E-state index contributed by atoms with van der Waals surface area (Å²) in [5.41, 5.74) is -0.652. The molecule has 2 saturated heterocycles. The van der Waals surface area contributed by atoms with Crippen molar-refractivity contribution in [3.8, 4) is 0 Å². The minimum absolute atomic E-state index is 0.295. The second kappa shape index (κ2) is 7.56. The molecule has 21 heavy (non-hydrogen) atoms. The minimum Gasteiger partial charge on any atom is -0.389 e. The molecular formula is C16H31N3O2. The van der Waals surface area contributed by atoms with Crippen LogP contribution in [0.25, 0.3) is 0 Å². The lowest BCUT2D eigenvalue weighted by molar-refractivity contribution is -0.133. The van der Waals surface area contributed by atoms with E-state index in [4.69, 9.17) is 0 Å². The zero-order valence-corrected chi connectivity index (χ0v) is 13.7. The van der Waals surface area contributed by atoms with E-state index >= 15 is 0 Å². The average molecular weight is 297 g/mol. The van der Waals surface area contributed by atoms with Crippen LogP contribution >= 0.6 is 0 Å². The number of hydrogen-bond donors (Lipinski definition) is 1. The first-order valence-corrected chi connectivity index (χ1v) is 8.39. The highest BCUT2D eigenvalue weighted by molar-refractivity contribution is 5.76. The van der Waals surface area contributed by atoms with Crippen LogP contribution in [0.2, 0.25) is 0 Å². The zero-order chi connectivity index (χ0) is 15.3. The molecular weight excluding hydrogens is 266 g/mol. The molecule has 122 valence electrons. The highest BCUT2D eigenvalue weighted by atomic mass is 16.3. The lowest BCUT2D eigenvalue weighted by Crippen LogP contribution is -2.52. The molecule has 0 saturated carbocycles. The molecule has 0 aromatic heterocycles. The van der Waals surface area contributed by atoms with Crippen molar-refractivity contribution in [2.75, 3.05) is 52.4 Å². The van der Waals surface area contributed by atoms with Crippen molar-refractivity contribution in [3.05, 3.63) is 0 Å². The number of carbonyl (C=O) groups excluding carboxylic acids is 1. The van der Waals surface area contributed by atoms with Crippen LogP contribution in [0.4, 0.5) is 0 Å². The van der Waals surface area contributed by atoms with Gasteiger partial charge in [-0.3, -0.25) is 9.69 Å². The smallest absolute Gasteiger partial charge is 0.223 e. The summed E-state index contributed by atoms with van der Waals surface area (Å²) in [6, 6.07) is 0. The van der Waals surface area contributed by atoms with Crippen LogP contribution in [-0.2, 0) is 4.79 Å². The number of piperazine rings is 1. The fourth-order valence-electron chi connectivity index (χ4n) is 3.30. The van der Waals surface area contributed by atoms with Gasteiger partial charge in [-0.25, -0.2) is 0 Å². The van der Waals surface area contributed by atoms with Crippen LogP contribution in [0, 0.1) is 0 Å². The van der Waals surface area contributed by atoms with Gasteiger partial charge in [-0.15, -0.1) is 0 Å². The zero-order valence-electron chi connectivity index (χ0n) is 13.7. The van der Waals surface area contributed by atoms with E-state index in [1.54, 1.807) is 0 Å². The van der Waals surface area contributed by atoms with E-state index in [9.17, 15) is 9.90 Å². The van der Waals surface area contributed by atoms with Gasteiger partial charge in [0.2, 0.25) is 5.91 Å². The van der Waals surface area contributed by atoms with Gasteiger partial charge in [-0.05, 0) is 39.8 Å². The third-order valence-corrected chi connectivity index (χ3v) is 4.43. The Balaban J connectivity index is 1.65. The van der Waals surface area contributed by atoms with Gasteiger partial charge >= 0.3 is 0 Å². The maximum absolute atomic E-state index is 12.3. The van der Waals surface area contributed by atoms with Gasteiger partial charge < -0.3 is 14.9 Å². The van der Waals surface area contributed by atoms with Crippen LogP contribution < -0.4 is 0 Å². The highest BCUT2D eigenvalue weighted by Crippen LogP contribution is 2.11. The van der Waals surface area contributed by atoms with E-state index in [0.717, 1.165) is 45.8 Å². The molecule has 1 amide bonds. The maximum atomic E-state index is 12.3. The largest absolute Gasteiger partial charge is 0.389 e. The molecule has 0 radical (unpaired) electrons. The first kappa shape index (κ1) is 16.7. The van der Waals surface area contributed by atoms with E-state index in [0.29, 0.717) is 18.9 Å². The van der Waals surface area contributed by atoms with Crippen molar-refractivity contribution >= 4 is 5.91 Å². The molecule has 0 unspecified atom stereocenters. The lowest BCUT2D eigenvalue weighted by atomic mass is 10.1. The van der Waals surface area contributed by atoms with E-state index in [1.165, 1.54) is 19.3 Å². The van der Waals surface area contributed by atoms with E-state index in [2.05, 4.69) is 9.80 Å². The number of piperidine rings is 1. The summed E-state index contributed by atoms with van der Waals surface area (Å²) < 4.78 is 0. The first-order valence-electron chi connectivity index (χ1n) is 8.39. The van der Waals surface area contributed by atoms with Crippen molar-refractivity contribution in [2.24, 2.45) is 0 Å². The molecule has 0 bridgehead atoms. The Kier molecular flexibility index (Phi) is 6.02.